The van der Waals surface area contributed by atoms with E-state index in [1.807, 2.05) is 24.4 Å². The third-order valence-corrected chi connectivity index (χ3v) is 7.57. The number of hydrogen-bond acceptors (Lipinski definition) is 10. The first kappa shape index (κ1) is 28.7. The molecule has 5 rings (SSSR count). The minimum atomic E-state index is -0.430. The zero-order valence-electron chi connectivity index (χ0n) is 23.5. The fourth-order valence-corrected chi connectivity index (χ4v) is 5.30. The summed E-state index contributed by atoms with van der Waals surface area (Å²) in [5.41, 5.74) is 6.14. The van der Waals surface area contributed by atoms with Crippen LogP contribution in [0, 0.1) is 6.92 Å². The van der Waals surface area contributed by atoms with Crippen molar-refractivity contribution < 1.29 is 19.1 Å². The molecule has 0 fully saturated rings. The molecule has 0 amide bonds. The van der Waals surface area contributed by atoms with Crippen LogP contribution in [0.15, 0.2) is 85.3 Å². The summed E-state index contributed by atoms with van der Waals surface area (Å²) < 4.78 is 9.75. The maximum Gasteiger partial charge on any atom is 0.337 e. The molecule has 4 heterocycles. The van der Waals surface area contributed by atoms with E-state index in [-0.39, 0.29) is 0 Å². The Labute approximate surface area is 247 Å². The molecule has 0 aliphatic rings. The Bertz CT molecular complexity index is 1640. The van der Waals surface area contributed by atoms with Crippen molar-refractivity contribution in [2.24, 2.45) is 0 Å². The molecule has 5 aromatic rings. The van der Waals surface area contributed by atoms with E-state index in [0.29, 0.717) is 42.1 Å². The summed E-state index contributed by atoms with van der Waals surface area (Å²) >= 11 is 1.60. The molecular weight excluding hydrogens is 550 g/mol. The third kappa shape index (κ3) is 7.09. The van der Waals surface area contributed by atoms with Gasteiger partial charge < -0.3 is 9.47 Å². The number of esters is 2. The van der Waals surface area contributed by atoms with Crippen LogP contribution in [-0.2, 0) is 29.1 Å². The van der Waals surface area contributed by atoms with E-state index < -0.39 is 11.9 Å². The summed E-state index contributed by atoms with van der Waals surface area (Å²) in [5.74, 6) is -0.860. The van der Waals surface area contributed by atoms with Gasteiger partial charge in [-0.2, -0.15) is 0 Å². The molecule has 0 radical (unpaired) electrons. The van der Waals surface area contributed by atoms with Crippen LogP contribution in [-0.4, -0.2) is 51.0 Å². The molecule has 0 N–H and O–H groups in total. The number of hydrogen-bond donors (Lipinski definition) is 0. The Morgan fingerprint density at radius 1 is 0.762 bits per heavy atom. The summed E-state index contributed by atoms with van der Waals surface area (Å²) in [6.07, 6.45) is 5.05. The quantitative estimate of drug-likeness (QED) is 0.191. The van der Waals surface area contributed by atoms with Gasteiger partial charge >= 0.3 is 11.9 Å². The molecule has 1 aromatic carbocycles. The SMILES string of the molecule is COC(=O)c1ccnc(CN(Cc2cc(C(=O)OC)ccn2)Cc2cccc(-c3ncc(-c4ccc(C)cc4)s3)n2)c1. The molecule has 212 valence electrons. The van der Waals surface area contributed by atoms with Crippen molar-refractivity contribution in [1.82, 2.24) is 24.8 Å². The Morgan fingerprint density at radius 3 is 1.95 bits per heavy atom. The average molecular weight is 580 g/mol. The van der Waals surface area contributed by atoms with Crippen LogP contribution in [0.2, 0.25) is 0 Å². The van der Waals surface area contributed by atoms with Crippen LogP contribution >= 0.6 is 11.3 Å². The summed E-state index contributed by atoms with van der Waals surface area (Å²) in [7, 11) is 2.69. The zero-order chi connectivity index (χ0) is 29.5. The standard InChI is InChI=1S/C32H29N5O4S/c1-21-7-9-22(10-8-21)29-17-35-30(42-29)28-6-4-5-25(36-28)18-37(19-26-15-23(11-13-33-26)31(38)40-2)20-27-16-24(12-14-34-27)32(39)41-3/h4-17H,18-20H2,1-3H3. The summed E-state index contributed by atoms with van der Waals surface area (Å²) in [6.45, 7) is 3.32. The molecule has 0 aliphatic heterocycles. The second kappa shape index (κ2) is 13.2. The summed E-state index contributed by atoms with van der Waals surface area (Å²) in [6, 6.07) is 20.9. The van der Waals surface area contributed by atoms with E-state index in [1.54, 1.807) is 48.0 Å². The molecule has 9 nitrogen and oxygen atoms in total. The lowest BCUT2D eigenvalue weighted by Gasteiger charge is -2.22. The van der Waals surface area contributed by atoms with Gasteiger partial charge in [-0.1, -0.05) is 35.9 Å². The Morgan fingerprint density at radius 2 is 1.36 bits per heavy atom. The molecule has 0 unspecified atom stereocenters. The topological polar surface area (TPSA) is 107 Å². The lowest BCUT2D eigenvalue weighted by molar-refractivity contribution is 0.0591. The second-order valence-corrected chi connectivity index (χ2v) is 10.6. The lowest BCUT2D eigenvalue weighted by atomic mass is 10.1. The van der Waals surface area contributed by atoms with Crippen LogP contribution in [0.25, 0.3) is 21.1 Å². The molecule has 42 heavy (non-hydrogen) atoms. The molecule has 4 aromatic heterocycles. The van der Waals surface area contributed by atoms with Gasteiger partial charge in [-0.15, -0.1) is 11.3 Å². The highest BCUT2D eigenvalue weighted by Crippen LogP contribution is 2.31. The van der Waals surface area contributed by atoms with Gasteiger partial charge in [0.2, 0.25) is 0 Å². The van der Waals surface area contributed by atoms with Crippen LogP contribution in [0.1, 0.15) is 43.4 Å². The van der Waals surface area contributed by atoms with Gasteiger partial charge in [-0.3, -0.25) is 14.9 Å². The lowest BCUT2D eigenvalue weighted by Crippen LogP contribution is -2.24. The predicted octanol–water partition coefficient (Wildman–Crippen LogP) is 5.75. The van der Waals surface area contributed by atoms with E-state index in [9.17, 15) is 9.59 Å². The van der Waals surface area contributed by atoms with Crippen molar-refractivity contribution in [3.8, 4) is 21.1 Å². The smallest absolute Gasteiger partial charge is 0.337 e. The molecule has 0 saturated carbocycles. The number of aromatic nitrogens is 4. The number of benzene rings is 1. The predicted molar refractivity (Wildman–Crippen MR) is 160 cm³/mol. The number of nitrogens with zero attached hydrogens (tertiary/aromatic N) is 5. The Balaban J connectivity index is 1.41. The van der Waals surface area contributed by atoms with Crippen LogP contribution in [0.5, 0.6) is 0 Å². The van der Waals surface area contributed by atoms with Crippen LogP contribution in [0.3, 0.4) is 0 Å². The highest BCUT2D eigenvalue weighted by atomic mass is 32.1. The second-order valence-electron chi connectivity index (χ2n) is 9.61. The number of aryl methyl sites for hydroxylation is 1. The molecule has 0 saturated heterocycles. The van der Waals surface area contributed by atoms with Crippen molar-refractivity contribution >= 4 is 23.3 Å². The average Bonchev–Trinajstić information content (AvgIpc) is 3.51. The number of rotatable bonds is 10. The highest BCUT2D eigenvalue weighted by Gasteiger charge is 2.16. The van der Waals surface area contributed by atoms with Gasteiger partial charge in [-0.25, -0.2) is 19.6 Å². The van der Waals surface area contributed by atoms with Gasteiger partial charge in [0.1, 0.15) is 5.01 Å². The summed E-state index contributed by atoms with van der Waals surface area (Å²) in [5, 5.41) is 0.832. The largest absolute Gasteiger partial charge is 0.465 e. The maximum absolute atomic E-state index is 12.1. The number of thiazole rings is 1. The van der Waals surface area contributed by atoms with Gasteiger partial charge in [0.05, 0.1) is 53.0 Å². The monoisotopic (exact) mass is 579 g/mol. The number of pyridine rings is 3. The fraction of sp³-hybridized carbons (Fsp3) is 0.188. The highest BCUT2D eigenvalue weighted by molar-refractivity contribution is 7.18. The molecule has 0 bridgehead atoms. The molecule has 10 heteroatoms. The van der Waals surface area contributed by atoms with Gasteiger partial charge in [0, 0.05) is 38.2 Å². The summed E-state index contributed by atoms with van der Waals surface area (Å²) in [4.78, 5) is 45.9. The van der Waals surface area contributed by atoms with E-state index >= 15 is 0 Å². The number of methoxy groups -OCH3 is 2. The first-order valence-electron chi connectivity index (χ1n) is 13.2. The molecular formula is C32H29N5O4S. The zero-order valence-corrected chi connectivity index (χ0v) is 24.3. The van der Waals surface area contributed by atoms with Gasteiger partial charge in [0.25, 0.3) is 0 Å². The first-order valence-corrected chi connectivity index (χ1v) is 14.0. The Hall–Kier alpha value is -4.80. The number of carbonyl (C=O) groups is 2. The van der Waals surface area contributed by atoms with Gasteiger partial charge in [0.15, 0.2) is 0 Å². The van der Waals surface area contributed by atoms with Crippen LogP contribution in [0.4, 0.5) is 0 Å². The van der Waals surface area contributed by atoms with E-state index in [1.165, 1.54) is 19.8 Å². The molecule has 0 atom stereocenters. The van der Waals surface area contributed by atoms with Crippen molar-refractivity contribution in [1.29, 1.82) is 0 Å². The van der Waals surface area contributed by atoms with Gasteiger partial charge in [-0.05, 0) is 48.9 Å². The Kier molecular flexibility index (Phi) is 9.05. The van der Waals surface area contributed by atoms with Crippen molar-refractivity contribution in [3.05, 3.63) is 119 Å². The normalized spacial score (nSPS) is 11.0. The van der Waals surface area contributed by atoms with E-state index in [2.05, 4.69) is 51.0 Å². The minimum Gasteiger partial charge on any atom is -0.465 e. The minimum absolute atomic E-state index is 0.399. The number of carbonyl (C=O) groups excluding carboxylic acids is 2. The van der Waals surface area contributed by atoms with Crippen molar-refractivity contribution in [2.45, 2.75) is 26.6 Å². The van der Waals surface area contributed by atoms with Crippen molar-refractivity contribution in [3.63, 3.8) is 0 Å². The van der Waals surface area contributed by atoms with E-state index in [0.717, 1.165) is 26.8 Å². The molecule has 0 aliphatic carbocycles. The maximum atomic E-state index is 12.1. The first-order chi connectivity index (χ1) is 20.4. The van der Waals surface area contributed by atoms with Crippen molar-refractivity contribution in [2.75, 3.05) is 14.2 Å². The van der Waals surface area contributed by atoms with Crippen LogP contribution < -0.4 is 0 Å². The fourth-order valence-electron chi connectivity index (χ4n) is 4.40. The van der Waals surface area contributed by atoms with E-state index in [4.69, 9.17) is 14.5 Å². The third-order valence-electron chi connectivity index (χ3n) is 6.50. The number of ether oxygens (including phenoxy) is 2. The molecule has 0 spiro atoms.